The number of nitrogens with zero attached hydrogens (tertiary/aromatic N) is 2. The van der Waals surface area contributed by atoms with Gasteiger partial charge >= 0.3 is 0 Å². The summed E-state index contributed by atoms with van der Waals surface area (Å²) in [6.07, 6.45) is 3.84. The normalized spacial score (nSPS) is 19.0. The molecule has 0 saturated carbocycles. The van der Waals surface area contributed by atoms with Crippen LogP contribution in [0, 0.1) is 0 Å². The Morgan fingerprint density at radius 2 is 1.95 bits per heavy atom. The molecule has 1 aliphatic heterocycles. The van der Waals surface area contributed by atoms with E-state index in [0.717, 1.165) is 25.5 Å². The van der Waals surface area contributed by atoms with Gasteiger partial charge in [-0.15, -0.1) is 24.0 Å². The van der Waals surface area contributed by atoms with Crippen LogP contribution in [-0.4, -0.2) is 62.8 Å². The topological polar surface area (TPSA) is 48.9 Å². The van der Waals surface area contributed by atoms with E-state index in [2.05, 4.69) is 36.3 Å². The van der Waals surface area contributed by atoms with Crippen LogP contribution in [0.2, 0.25) is 0 Å². The molecule has 0 aromatic heterocycles. The first-order valence-corrected chi connectivity index (χ1v) is 7.99. The predicted molar refractivity (Wildman–Crippen MR) is 101 cm³/mol. The van der Waals surface area contributed by atoms with E-state index < -0.39 is 0 Å². The zero-order chi connectivity index (χ0) is 14.8. The lowest BCUT2D eigenvalue weighted by Crippen LogP contribution is -2.45. The highest BCUT2D eigenvalue weighted by Crippen LogP contribution is 2.14. The Bertz CT molecular complexity index is 283. The van der Waals surface area contributed by atoms with Crippen molar-refractivity contribution < 1.29 is 4.74 Å². The molecular weight excluding hydrogens is 379 g/mol. The van der Waals surface area contributed by atoms with Gasteiger partial charge in [-0.1, -0.05) is 6.92 Å². The summed E-state index contributed by atoms with van der Waals surface area (Å²) in [6.45, 7) is 11.4. The van der Waals surface area contributed by atoms with Crippen LogP contribution in [-0.2, 0) is 4.74 Å². The first-order chi connectivity index (χ1) is 9.71. The minimum absolute atomic E-state index is 0. The van der Waals surface area contributed by atoms with E-state index >= 15 is 0 Å². The molecule has 0 spiro atoms. The summed E-state index contributed by atoms with van der Waals surface area (Å²) in [7, 11) is 1.72. The zero-order valence-corrected chi connectivity index (χ0v) is 16.4. The Balaban J connectivity index is 0.00000400. The Kier molecular flexibility index (Phi) is 12.4. The van der Waals surface area contributed by atoms with Crippen LogP contribution in [0.5, 0.6) is 0 Å². The van der Waals surface area contributed by atoms with Crippen LogP contribution in [0.25, 0.3) is 0 Å². The van der Waals surface area contributed by atoms with Gasteiger partial charge in [-0.3, -0.25) is 9.89 Å². The number of halogens is 1. The second kappa shape index (κ2) is 12.5. The van der Waals surface area contributed by atoms with Crippen LogP contribution < -0.4 is 10.6 Å². The average molecular weight is 412 g/mol. The highest BCUT2D eigenvalue weighted by molar-refractivity contribution is 14.0. The van der Waals surface area contributed by atoms with Gasteiger partial charge in [0, 0.05) is 25.7 Å². The Morgan fingerprint density at radius 3 is 2.48 bits per heavy atom. The van der Waals surface area contributed by atoms with E-state index in [9.17, 15) is 0 Å². The molecule has 126 valence electrons. The molecule has 2 N–H and O–H groups in total. The summed E-state index contributed by atoms with van der Waals surface area (Å²) in [5, 5.41) is 6.69. The fraction of sp³-hybridized carbons (Fsp3) is 0.933. The second-order valence-corrected chi connectivity index (χ2v) is 5.53. The summed E-state index contributed by atoms with van der Waals surface area (Å²) in [5.74, 6) is 0.898. The van der Waals surface area contributed by atoms with E-state index in [4.69, 9.17) is 9.73 Å². The summed E-state index contributed by atoms with van der Waals surface area (Å²) >= 11 is 0. The van der Waals surface area contributed by atoms with Crippen molar-refractivity contribution in [1.82, 2.24) is 15.5 Å². The third kappa shape index (κ3) is 8.21. The van der Waals surface area contributed by atoms with E-state index in [-0.39, 0.29) is 30.0 Å². The van der Waals surface area contributed by atoms with Gasteiger partial charge < -0.3 is 15.4 Å². The number of aliphatic imine (C=N–C) groups is 1. The minimum atomic E-state index is 0. The highest BCUT2D eigenvalue weighted by Gasteiger charge is 2.20. The van der Waals surface area contributed by atoms with E-state index in [0.29, 0.717) is 12.6 Å². The predicted octanol–water partition coefficient (Wildman–Crippen LogP) is 2.07. The summed E-state index contributed by atoms with van der Waals surface area (Å²) in [5.41, 5.74) is 0. The molecule has 1 heterocycles. The van der Waals surface area contributed by atoms with Crippen molar-refractivity contribution in [1.29, 1.82) is 0 Å². The van der Waals surface area contributed by atoms with Crippen molar-refractivity contribution in [2.24, 2.45) is 4.99 Å². The second-order valence-electron chi connectivity index (χ2n) is 5.53. The van der Waals surface area contributed by atoms with Crippen molar-refractivity contribution in [2.45, 2.75) is 52.1 Å². The molecule has 1 fully saturated rings. The molecule has 6 heteroatoms. The van der Waals surface area contributed by atoms with Crippen LogP contribution in [0.4, 0.5) is 0 Å². The molecular formula is C15H33IN4O. The lowest BCUT2D eigenvalue weighted by atomic mass is 10.2. The molecule has 1 rings (SSSR count). The molecule has 0 bridgehead atoms. The number of hydrogen-bond acceptors (Lipinski definition) is 3. The fourth-order valence-corrected chi connectivity index (χ4v) is 2.65. The van der Waals surface area contributed by atoms with Crippen molar-refractivity contribution in [2.75, 3.05) is 39.9 Å². The molecule has 0 aliphatic carbocycles. The molecule has 2 atom stereocenters. The quantitative estimate of drug-likeness (QED) is 0.364. The number of guanidine groups is 1. The summed E-state index contributed by atoms with van der Waals surface area (Å²) in [6, 6.07) is 0.843. The van der Waals surface area contributed by atoms with Crippen LogP contribution in [0.15, 0.2) is 4.99 Å². The van der Waals surface area contributed by atoms with E-state index in [1.54, 1.807) is 7.11 Å². The number of rotatable bonds is 8. The third-order valence-electron chi connectivity index (χ3n) is 3.73. The number of hydrogen-bond donors (Lipinski definition) is 2. The van der Waals surface area contributed by atoms with Gasteiger partial charge in [-0.25, -0.2) is 0 Å². The molecule has 0 aromatic carbocycles. The Labute approximate surface area is 147 Å². The number of methoxy groups -OCH3 is 1. The molecule has 2 unspecified atom stereocenters. The van der Waals surface area contributed by atoms with Crippen LogP contribution in [0.1, 0.15) is 40.0 Å². The van der Waals surface area contributed by atoms with Gasteiger partial charge in [-0.05, 0) is 46.2 Å². The van der Waals surface area contributed by atoms with Gasteiger partial charge in [0.25, 0.3) is 0 Å². The minimum Gasteiger partial charge on any atom is -0.383 e. The van der Waals surface area contributed by atoms with Crippen molar-refractivity contribution in [3.05, 3.63) is 0 Å². The first-order valence-electron chi connectivity index (χ1n) is 7.99. The van der Waals surface area contributed by atoms with Gasteiger partial charge in [0.1, 0.15) is 0 Å². The lowest BCUT2D eigenvalue weighted by molar-refractivity contribution is 0.179. The molecule has 21 heavy (non-hydrogen) atoms. The zero-order valence-electron chi connectivity index (χ0n) is 14.0. The maximum atomic E-state index is 5.16. The SMILES string of the molecule is CCNC(=NCC(CC)N1CCCC1)NC(C)COC.I. The summed E-state index contributed by atoms with van der Waals surface area (Å²) < 4.78 is 5.16. The molecule has 0 radical (unpaired) electrons. The van der Waals surface area contributed by atoms with Gasteiger partial charge in [0.2, 0.25) is 0 Å². The van der Waals surface area contributed by atoms with Crippen LogP contribution in [0.3, 0.4) is 0 Å². The average Bonchev–Trinajstić information content (AvgIpc) is 2.94. The molecule has 1 aliphatic rings. The van der Waals surface area contributed by atoms with E-state index in [1.807, 2.05) is 0 Å². The molecule has 0 aromatic rings. The number of likely N-dealkylation sites (tertiary alicyclic amines) is 1. The van der Waals surface area contributed by atoms with Crippen molar-refractivity contribution >= 4 is 29.9 Å². The lowest BCUT2D eigenvalue weighted by Gasteiger charge is -2.25. The van der Waals surface area contributed by atoms with E-state index in [1.165, 1.54) is 25.9 Å². The van der Waals surface area contributed by atoms with Gasteiger partial charge in [-0.2, -0.15) is 0 Å². The standard InChI is InChI=1S/C15H32N4O.HI/c1-5-14(19-9-7-8-10-19)11-17-15(16-6-2)18-13(3)12-20-4;/h13-14H,5-12H2,1-4H3,(H2,16,17,18);1H. The highest BCUT2D eigenvalue weighted by atomic mass is 127. The smallest absolute Gasteiger partial charge is 0.191 e. The monoisotopic (exact) mass is 412 g/mol. The fourth-order valence-electron chi connectivity index (χ4n) is 2.65. The molecule has 1 saturated heterocycles. The molecule has 5 nitrogen and oxygen atoms in total. The van der Waals surface area contributed by atoms with Crippen molar-refractivity contribution in [3.63, 3.8) is 0 Å². The Hall–Kier alpha value is -0.0800. The van der Waals surface area contributed by atoms with Crippen molar-refractivity contribution in [3.8, 4) is 0 Å². The Morgan fingerprint density at radius 1 is 1.29 bits per heavy atom. The first kappa shape index (κ1) is 20.9. The third-order valence-corrected chi connectivity index (χ3v) is 3.73. The maximum absolute atomic E-state index is 5.16. The van der Waals surface area contributed by atoms with Gasteiger partial charge in [0.05, 0.1) is 13.2 Å². The maximum Gasteiger partial charge on any atom is 0.191 e. The number of ether oxygens (including phenoxy) is 1. The number of nitrogens with one attached hydrogen (secondary N) is 2. The van der Waals surface area contributed by atoms with Gasteiger partial charge in [0.15, 0.2) is 5.96 Å². The summed E-state index contributed by atoms with van der Waals surface area (Å²) in [4.78, 5) is 7.32. The largest absolute Gasteiger partial charge is 0.383 e. The molecule has 0 amide bonds. The van der Waals surface area contributed by atoms with Crippen LogP contribution >= 0.6 is 24.0 Å².